The Kier molecular flexibility index (Phi) is 4.96. The van der Waals surface area contributed by atoms with Crippen LogP contribution in [0.5, 0.6) is 0 Å². The summed E-state index contributed by atoms with van der Waals surface area (Å²) in [4.78, 5) is 29.6. The normalized spacial score (nSPS) is 11.0. The van der Waals surface area contributed by atoms with Gasteiger partial charge in [-0.25, -0.2) is 4.98 Å². The molecule has 0 saturated heterocycles. The lowest BCUT2D eigenvalue weighted by molar-refractivity contribution is -0.113. The molecule has 0 fully saturated rings. The van der Waals surface area contributed by atoms with Gasteiger partial charge in [-0.15, -0.1) is 23.1 Å². The molecule has 2 heterocycles. The molecule has 0 spiro atoms. The van der Waals surface area contributed by atoms with E-state index in [-0.39, 0.29) is 11.5 Å². The first-order valence-corrected chi connectivity index (χ1v) is 9.62. The molecule has 3 rings (SSSR count). The van der Waals surface area contributed by atoms with Gasteiger partial charge in [0, 0.05) is 12.7 Å². The van der Waals surface area contributed by atoms with E-state index in [1.54, 1.807) is 7.05 Å². The Labute approximate surface area is 154 Å². The highest BCUT2D eigenvalue weighted by Crippen LogP contribution is 2.30. The van der Waals surface area contributed by atoms with E-state index in [1.807, 2.05) is 45.0 Å². The fraction of sp³-hybridized carbons (Fsp3) is 0.278. The predicted octanol–water partition coefficient (Wildman–Crippen LogP) is 3.65. The van der Waals surface area contributed by atoms with Crippen molar-refractivity contribution in [2.45, 2.75) is 25.0 Å². The number of carbonyl (C=O) groups excluding carboxylic acids is 1. The maximum absolute atomic E-state index is 12.2. The number of hydrogen-bond acceptors (Lipinski definition) is 5. The zero-order valence-electron chi connectivity index (χ0n) is 14.5. The fourth-order valence-electron chi connectivity index (χ4n) is 2.37. The zero-order chi connectivity index (χ0) is 18.1. The monoisotopic (exact) mass is 373 g/mol. The number of aryl methyl sites for hydroxylation is 3. The molecule has 1 N–H and O–H groups in total. The Balaban J connectivity index is 1.69. The highest BCUT2D eigenvalue weighted by molar-refractivity contribution is 8.01. The third-order valence-electron chi connectivity index (χ3n) is 4.11. The summed E-state index contributed by atoms with van der Waals surface area (Å²) in [5.41, 5.74) is 3.09. The van der Waals surface area contributed by atoms with E-state index in [9.17, 15) is 9.59 Å². The number of anilines is 1. The molecule has 0 unspecified atom stereocenters. The van der Waals surface area contributed by atoms with Crippen LogP contribution >= 0.6 is 23.1 Å². The van der Waals surface area contributed by atoms with Crippen molar-refractivity contribution in [1.29, 1.82) is 0 Å². The summed E-state index contributed by atoms with van der Waals surface area (Å²) < 4.78 is 2.45. The van der Waals surface area contributed by atoms with Gasteiger partial charge in [0.1, 0.15) is 10.7 Å². The van der Waals surface area contributed by atoms with E-state index in [4.69, 9.17) is 0 Å². The number of amides is 1. The summed E-state index contributed by atoms with van der Waals surface area (Å²) in [6.07, 6.45) is 0. The first-order chi connectivity index (χ1) is 11.8. The summed E-state index contributed by atoms with van der Waals surface area (Å²) in [6.45, 7) is 5.87. The second-order valence-electron chi connectivity index (χ2n) is 5.94. The van der Waals surface area contributed by atoms with E-state index in [1.165, 1.54) is 33.2 Å². The summed E-state index contributed by atoms with van der Waals surface area (Å²) in [7, 11) is 1.71. The molecule has 0 aliphatic carbocycles. The third-order valence-corrected chi connectivity index (χ3v) is 6.35. The molecule has 0 atom stereocenters. The first kappa shape index (κ1) is 17.7. The maximum atomic E-state index is 12.2. The minimum absolute atomic E-state index is 0.0508. The smallest absolute Gasteiger partial charge is 0.262 e. The number of aromatic nitrogens is 2. The van der Waals surface area contributed by atoms with Gasteiger partial charge >= 0.3 is 0 Å². The Morgan fingerprint density at radius 2 is 2.00 bits per heavy atom. The van der Waals surface area contributed by atoms with Crippen molar-refractivity contribution in [1.82, 2.24) is 9.55 Å². The highest BCUT2D eigenvalue weighted by atomic mass is 32.2. The van der Waals surface area contributed by atoms with E-state index in [0.29, 0.717) is 17.0 Å². The van der Waals surface area contributed by atoms with Crippen molar-refractivity contribution < 1.29 is 4.79 Å². The molecule has 0 saturated carbocycles. The molecule has 1 amide bonds. The van der Waals surface area contributed by atoms with E-state index < -0.39 is 0 Å². The molecule has 0 aliphatic rings. The zero-order valence-corrected chi connectivity index (χ0v) is 16.2. The van der Waals surface area contributed by atoms with E-state index in [0.717, 1.165) is 20.3 Å². The predicted molar refractivity (Wildman–Crippen MR) is 105 cm³/mol. The maximum Gasteiger partial charge on any atom is 0.262 e. The Bertz CT molecular complexity index is 1020. The lowest BCUT2D eigenvalue weighted by atomic mass is 10.1. The standard InChI is InChI=1S/C18H19N3O2S2/c1-10-5-6-13(7-11(10)2)20-15(22)9-24-16-8-14-17(25-16)19-12(3)21(4)18(14)23/h5-8H,9H2,1-4H3,(H,20,22). The third kappa shape index (κ3) is 3.77. The number of benzene rings is 1. The van der Waals surface area contributed by atoms with Crippen LogP contribution in [0.3, 0.4) is 0 Å². The van der Waals surface area contributed by atoms with Crippen molar-refractivity contribution in [3.05, 3.63) is 51.6 Å². The largest absolute Gasteiger partial charge is 0.325 e. The lowest BCUT2D eigenvalue weighted by Gasteiger charge is -2.07. The minimum Gasteiger partial charge on any atom is -0.325 e. The molecule has 5 nitrogen and oxygen atoms in total. The van der Waals surface area contributed by atoms with Crippen LogP contribution in [0.15, 0.2) is 33.3 Å². The van der Waals surface area contributed by atoms with Crippen molar-refractivity contribution in [3.63, 3.8) is 0 Å². The van der Waals surface area contributed by atoms with Gasteiger partial charge in [-0.3, -0.25) is 14.2 Å². The van der Waals surface area contributed by atoms with Crippen LogP contribution in [0.4, 0.5) is 5.69 Å². The van der Waals surface area contributed by atoms with Crippen LogP contribution in [-0.4, -0.2) is 21.2 Å². The number of hydrogen-bond donors (Lipinski definition) is 1. The van der Waals surface area contributed by atoms with Crippen LogP contribution in [0.25, 0.3) is 10.2 Å². The molecule has 130 valence electrons. The second kappa shape index (κ2) is 7.01. The summed E-state index contributed by atoms with van der Waals surface area (Å²) in [6, 6.07) is 7.69. The number of nitrogens with zero attached hydrogens (tertiary/aromatic N) is 2. The Hall–Kier alpha value is -2.12. The minimum atomic E-state index is -0.0669. The summed E-state index contributed by atoms with van der Waals surface area (Å²) in [5, 5.41) is 3.51. The van der Waals surface area contributed by atoms with E-state index in [2.05, 4.69) is 10.3 Å². The molecule has 1 aromatic carbocycles. The van der Waals surface area contributed by atoms with Crippen LogP contribution in [-0.2, 0) is 11.8 Å². The van der Waals surface area contributed by atoms with Crippen LogP contribution in [0, 0.1) is 20.8 Å². The quantitative estimate of drug-likeness (QED) is 0.709. The number of carbonyl (C=O) groups is 1. The average molecular weight is 374 g/mol. The molecule has 0 radical (unpaired) electrons. The van der Waals surface area contributed by atoms with E-state index >= 15 is 0 Å². The lowest BCUT2D eigenvalue weighted by Crippen LogP contribution is -2.19. The topological polar surface area (TPSA) is 64.0 Å². The molecule has 3 aromatic rings. The van der Waals surface area contributed by atoms with Gasteiger partial charge < -0.3 is 5.32 Å². The van der Waals surface area contributed by atoms with Gasteiger partial charge in [0.05, 0.1) is 15.3 Å². The van der Waals surface area contributed by atoms with Crippen LogP contribution in [0.1, 0.15) is 17.0 Å². The number of fused-ring (bicyclic) bond motifs is 1. The van der Waals surface area contributed by atoms with Crippen molar-refractivity contribution >= 4 is 44.9 Å². The molecular formula is C18H19N3O2S2. The number of thiophene rings is 1. The Morgan fingerprint density at radius 1 is 1.24 bits per heavy atom. The summed E-state index contributed by atoms with van der Waals surface area (Å²) in [5.74, 6) is 0.908. The molecule has 7 heteroatoms. The van der Waals surface area contributed by atoms with Gasteiger partial charge in [-0.1, -0.05) is 6.07 Å². The molecule has 25 heavy (non-hydrogen) atoms. The van der Waals surface area contributed by atoms with Crippen LogP contribution in [0.2, 0.25) is 0 Å². The summed E-state index contributed by atoms with van der Waals surface area (Å²) >= 11 is 2.87. The number of rotatable bonds is 4. The molecule has 0 aliphatic heterocycles. The molecular weight excluding hydrogens is 354 g/mol. The fourth-order valence-corrected chi connectivity index (χ4v) is 4.37. The average Bonchev–Trinajstić information content (AvgIpc) is 2.97. The first-order valence-electron chi connectivity index (χ1n) is 7.82. The molecule has 0 bridgehead atoms. The number of nitrogens with one attached hydrogen (secondary N) is 1. The van der Waals surface area contributed by atoms with Gasteiger partial charge in [-0.05, 0) is 50.1 Å². The SMILES string of the molecule is Cc1ccc(NC(=O)CSc2cc3c(=O)n(C)c(C)nc3s2)cc1C. The van der Waals surface area contributed by atoms with Crippen LogP contribution < -0.4 is 10.9 Å². The van der Waals surface area contributed by atoms with Crippen molar-refractivity contribution in [2.75, 3.05) is 11.1 Å². The molecule has 2 aromatic heterocycles. The second-order valence-corrected chi connectivity index (χ2v) is 8.25. The van der Waals surface area contributed by atoms with Crippen molar-refractivity contribution in [2.24, 2.45) is 7.05 Å². The number of thioether (sulfide) groups is 1. The van der Waals surface area contributed by atoms with Gasteiger partial charge in [0.25, 0.3) is 5.56 Å². The van der Waals surface area contributed by atoms with Gasteiger partial charge in [0.2, 0.25) is 5.91 Å². The van der Waals surface area contributed by atoms with Gasteiger partial charge in [0.15, 0.2) is 0 Å². The van der Waals surface area contributed by atoms with Crippen molar-refractivity contribution in [3.8, 4) is 0 Å². The van der Waals surface area contributed by atoms with Gasteiger partial charge in [-0.2, -0.15) is 0 Å². The highest BCUT2D eigenvalue weighted by Gasteiger charge is 2.12. The Morgan fingerprint density at radius 3 is 2.72 bits per heavy atom.